The number of allylic oxidation sites excluding steroid dienone is 1. The number of fused-ring (bicyclic) bond motifs is 1. The van der Waals surface area contributed by atoms with Crippen molar-refractivity contribution >= 4 is 47.5 Å². The Morgan fingerprint density at radius 2 is 1.79 bits per heavy atom. The Bertz CT molecular complexity index is 1500. The molecular formula is C22H26N4O5S3. The van der Waals surface area contributed by atoms with Crippen molar-refractivity contribution in [3.8, 4) is 0 Å². The maximum Gasteiger partial charge on any atom is 0.279 e. The van der Waals surface area contributed by atoms with E-state index in [9.17, 15) is 21.6 Å². The molecule has 12 heteroatoms. The molecular weight excluding hydrogens is 496 g/mol. The number of unbranched alkanes of at least 4 members (excludes halogenated alkanes) is 1. The van der Waals surface area contributed by atoms with Crippen LogP contribution in [0.25, 0.3) is 10.2 Å². The van der Waals surface area contributed by atoms with Crippen molar-refractivity contribution in [1.82, 2.24) is 8.87 Å². The zero-order valence-corrected chi connectivity index (χ0v) is 21.3. The molecule has 1 amide bonds. The summed E-state index contributed by atoms with van der Waals surface area (Å²) in [5, 5.41) is 5.22. The number of hydrogen-bond donors (Lipinski definition) is 1. The molecule has 1 aromatic heterocycles. The van der Waals surface area contributed by atoms with Crippen LogP contribution in [0.4, 0.5) is 0 Å². The standard InChI is InChI=1S/C22H26N4O5S3/c1-4-6-14-25(3)34(30,31)17-9-7-16(8-10-17)21(27)24-22-26(13-5-2)19-12-11-18(33(23,28)29)15-20(19)32-22/h5,7-12,15H,2,4,6,13-14H2,1,3H3,(H2,23,28,29). The van der Waals surface area contributed by atoms with E-state index in [1.54, 1.807) is 16.7 Å². The lowest BCUT2D eigenvalue weighted by molar-refractivity contribution is 0.0997. The van der Waals surface area contributed by atoms with Gasteiger partial charge in [-0.3, -0.25) is 4.79 Å². The highest BCUT2D eigenvalue weighted by Crippen LogP contribution is 2.22. The second-order valence-corrected chi connectivity index (χ2v) is 12.2. The second kappa shape index (κ2) is 10.3. The maximum absolute atomic E-state index is 12.8. The number of nitrogens with two attached hydrogens (primary N) is 1. The predicted molar refractivity (Wildman–Crippen MR) is 132 cm³/mol. The fraction of sp³-hybridized carbons (Fsp3) is 0.273. The van der Waals surface area contributed by atoms with Crippen LogP contribution in [-0.4, -0.2) is 45.2 Å². The zero-order valence-electron chi connectivity index (χ0n) is 18.8. The maximum atomic E-state index is 12.8. The van der Waals surface area contributed by atoms with Crippen molar-refractivity contribution in [2.45, 2.75) is 36.1 Å². The minimum Gasteiger partial charge on any atom is -0.312 e. The number of carbonyl (C=O) groups excluding carboxylic acids is 1. The van der Waals surface area contributed by atoms with Crippen molar-refractivity contribution in [3.63, 3.8) is 0 Å². The summed E-state index contributed by atoms with van der Waals surface area (Å²) in [6.45, 7) is 6.47. The molecule has 0 unspecified atom stereocenters. The Hall–Kier alpha value is -2.64. The number of hydrogen-bond acceptors (Lipinski definition) is 6. The Balaban J connectivity index is 1.98. The molecule has 0 fully saturated rings. The van der Waals surface area contributed by atoms with Gasteiger partial charge in [-0.15, -0.1) is 6.58 Å². The largest absolute Gasteiger partial charge is 0.312 e. The average Bonchev–Trinajstić information content (AvgIpc) is 3.13. The molecule has 182 valence electrons. The third-order valence-corrected chi connectivity index (χ3v) is 8.95. The molecule has 9 nitrogen and oxygen atoms in total. The van der Waals surface area contributed by atoms with E-state index in [2.05, 4.69) is 11.6 Å². The Kier molecular flexibility index (Phi) is 7.88. The van der Waals surface area contributed by atoms with E-state index in [1.807, 2.05) is 6.92 Å². The topological polar surface area (TPSA) is 132 Å². The van der Waals surface area contributed by atoms with Gasteiger partial charge in [0.25, 0.3) is 5.91 Å². The average molecular weight is 523 g/mol. The van der Waals surface area contributed by atoms with Gasteiger partial charge in [-0.1, -0.05) is 30.8 Å². The van der Waals surface area contributed by atoms with E-state index in [0.717, 1.165) is 24.2 Å². The van der Waals surface area contributed by atoms with Crippen LogP contribution in [0.5, 0.6) is 0 Å². The van der Waals surface area contributed by atoms with Gasteiger partial charge in [0.1, 0.15) is 0 Å². The van der Waals surface area contributed by atoms with Crippen LogP contribution in [0.3, 0.4) is 0 Å². The molecule has 0 aliphatic heterocycles. The first kappa shape index (κ1) is 26.0. The van der Waals surface area contributed by atoms with Gasteiger partial charge < -0.3 is 4.57 Å². The quantitative estimate of drug-likeness (QED) is 0.432. The minimum absolute atomic E-state index is 0.0365. The van der Waals surface area contributed by atoms with E-state index in [0.29, 0.717) is 28.1 Å². The normalized spacial score (nSPS) is 13.0. The number of sulfonamides is 2. The summed E-state index contributed by atoms with van der Waals surface area (Å²) in [7, 11) is -5.99. The van der Waals surface area contributed by atoms with Crippen molar-refractivity contribution in [3.05, 3.63) is 65.5 Å². The van der Waals surface area contributed by atoms with E-state index in [4.69, 9.17) is 5.14 Å². The van der Waals surface area contributed by atoms with Gasteiger partial charge in [0, 0.05) is 25.7 Å². The molecule has 0 spiro atoms. The van der Waals surface area contributed by atoms with Gasteiger partial charge >= 0.3 is 0 Å². The van der Waals surface area contributed by atoms with Crippen LogP contribution in [0, 0.1) is 0 Å². The number of thiazole rings is 1. The fourth-order valence-corrected chi connectivity index (χ4v) is 6.12. The van der Waals surface area contributed by atoms with Gasteiger partial charge in [-0.25, -0.2) is 26.3 Å². The number of benzene rings is 2. The third kappa shape index (κ3) is 5.53. The SMILES string of the molecule is C=CCn1c(=NC(=O)c2ccc(S(=O)(=O)N(C)CCCC)cc2)sc2cc(S(N)(=O)=O)ccc21. The number of primary sulfonamides is 1. The van der Waals surface area contributed by atoms with Gasteiger partial charge in [-0.05, 0) is 48.9 Å². The summed E-state index contributed by atoms with van der Waals surface area (Å²) in [4.78, 5) is 17.4. The van der Waals surface area contributed by atoms with Gasteiger partial charge in [0.15, 0.2) is 4.80 Å². The monoisotopic (exact) mass is 522 g/mol. The molecule has 0 radical (unpaired) electrons. The van der Waals surface area contributed by atoms with Crippen LogP contribution >= 0.6 is 11.3 Å². The highest BCUT2D eigenvalue weighted by atomic mass is 32.2. The summed E-state index contributed by atoms with van der Waals surface area (Å²) >= 11 is 1.14. The van der Waals surface area contributed by atoms with Gasteiger partial charge in [0.05, 0.1) is 20.0 Å². The van der Waals surface area contributed by atoms with Crippen molar-refractivity contribution < 1.29 is 21.6 Å². The summed E-state index contributed by atoms with van der Waals surface area (Å²) in [6.07, 6.45) is 3.27. The molecule has 3 aromatic rings. The molecule has 0 saturated carbocycles. The molecule has 0 bridgehead atoms. The first-order valence-corrected chi connectivity index (χ1v) is 14.2. The highest BCUT2D eigenvalue weighted by Gasteiger charge is 2.20. The van der Waals surface area contributed by atoms with E-state index < -0.39 is 26.0 Å². The first-order valence-electron chi connectivity index (χ1n) is 10.4. The summed E-state index contributed by atoms with van der Waals surface area (Å²) in [5.74, 6) is -0.556. The Morgan fingerprint density at radius 3 is 2.38 bits per heavy atom. The number of carbonyl (C=O) groups is 1. The summed E-state index contributed by atoms with van der Waals surface area (Å²) < 4.78 is 52.4. The van der Waals surface area contributed by atoms with Crippen molar-refractivity contribution in [1.29, 1.82) is 0 Å². The first-order chi connectivity index (χ1) is 16.0. The highest BCUT2D eigenvalue weighted by molar-refractivity contribution is 7.89. The number of nitrogens with zero attached hydrogens (tertiary/aromatic N) is 3. The molecule has 3 rings (SSSR count). The summed E-state index contributed by atoms with van der Waals surface area (Å²) in [6, 6.07) is 10.1. The Morgan fingerprint density at radius 1 is 1.15 bits per heavy atom. The number of aromatic nitrogens is 1. The van der Waals surface area contributed by atoms with Crippen LogP contribution < -0.4 is 9.94 Å². The number of amides is 1. The van der Waals surface area contributed by atoms with E-state index in [-0.39, 0.29) is 15.4 Å². The van der Waals surface area contributed by atoms with Crippen LogP contribution in [0.1, 0.15) is 30.1 Å². The lowest BCUT2D eigenvalue weighted by Crippen LogP contribution is -2.27. The molecule has 2 N–H and O–H groups in total. The molecule has 0 aliphatic carbocycles. The molecule has 1 heterocycles. The molecule has 34 heavy (non-hydrogen) atoms. The lowest BCUT2D eigenvalue weighted by atomic mass is 10.2. The van der Waals surface area contributed by atoms with Crippen LogP contribution in [0.2, 0.25) is 0 Å². The van der Waals surface area contributed by atoms with Gasteiger partial charge in [-0.2, -0.15) is 4.99 Å². The van der Waals surface area contributed by atoms with Crippen molar-refractivity contribution in [2.24, 2.45) is 10.1 Å². The van der Waals surface area contributed by atoms with Crippen LogP contribution in [0.15, 0.2) is 69.9 Å². The summed E-state index contributed by atoms with van der Waals surface area (Å²) in [5.41, 5.74) is 0.906. The predicted octanol–water partition coefficient (Wildman–Crippen LogP) is 2.70. The van der Waals surface area contributed by atoms with E-state index >= 15 is 0 Å². The second-order valence-electron chi connectivity index (χ2n) is 7.58. The number of rotatable bonds is 9. The lowest BCUT2D eigenvalue weighted by Gasteiger charge is -2.16. The smallest absolute Gasteiger partial charge is 0.279 e. The van der Waals surface area contributed by atoms with Crippen LogP contribution in [-0.2, 0) is 26.6 Å². The fourth-order valence-electron chi connectivity index (χ4n) is 3.22. The minimum atomic E-state index is -3.88. The molecule has 2 aromatic carbocycles. The van der Waals surface area contributed by atoms with Gasteiger partial charge in [0.2, 0.25) is 20.0 Å². The Labute approximate surface area is 203 Å². The van der Waals surface area contributed by atoms with E-state index in [1.165, 1.54) is 47.8 Å². The molecule has 0 aliphatic rings. The zero-order chi connectivity index (χ0) is 25.1. The van der Waals surface area contributed by atoms with Crippen molar-refractivity contribution in [2.75, 3.05) is 13.6 Å². The molecule has 0 saturated heterocycles. The third-order valence-electron chi connectivity index (χ3n) is 5.13. The molecule has 0 atom stereocenters.